The summed E-state index contributed by atoms with van der Waals surface area (Å²) in [5.41, 5.74) is 0.886. The summed E-state index contributed by atoms with van der Waals surface area (Å²) in [6, 6.07) is 10.1. The number of nitrogens with one attached hydrogen (secondary N) is 2. The third kappa shape index (κ3) is 4.10. The van der Waals surface area contributed by atoms with Crippen LogP contribution in [0, 0.1) is 0 Å². The number of hydrogen-bond acceptors (Lipinski definition) is 5. The Kier molecular flexibility index (Phi) is 5.97. The van der Waals surface area contributed by atoms with Crippen molar-refractivity contribution in [2.24, 2.45) is 0 Å². The summed E-state index contributed by atoms with van der Waals surface area (Å²) in [5, 5.41) is 5.61. The second kappa shape index (κ2) is 8.70. The van der Waals surface area contributed by atoms with Gasteiger partial charge >= 0.3 is 6.03 Å². The lowest BCUT2D eigenvalue weighted by molar-refractivity contribution is -0.133. The fourth-order valence-corrected chi connectivity index (χ4v) is 4.02. The monoisotopic (exact) mass is 457 g/mol. The van der Waals surface area contributed by atoms with E-state index < -0.39 is 29.9 Å². The van der Waals surface area contributed by atoms with E-state index in [0.29, 0.717) is 36.0 Å². The summed E-state index contributed by atoms with van der Waals surface area (Å²) in [7, 11) is 0. The molecule has 4 rings (SSSR count). The number of nitrogens with zero attached hydrogens (tertiary/aromatic N) is 1. The molecule has 2 aliphatic heterocycles. The number of aryl methyl sites for hydroxylation is 1. The maximum Gasteiger partial charge on any atom is 0.325 e. The molecule has 0 unspecified atom stereocenters. The average molecular weight is 458 g/mol. The molecule has 0 radical (unpaired) electrons. The van der Waals surface area contributed by atoms with Crippen molar-refractivity contribution in [1.29, 1.82) is 0 Å². The van der Waals surface area contributed by atoms with E-state index in [0.717, 1.165) is 23.3 Å². The lowest BCUT2D eigenvalue weighted by Crippen LogP contribution is -2.42. The van der Waals surface area contributed by atoms with Gasteiger partial charge < -0.3 is 20.1 Å². The highest BCUT2D eigenvalue weighted by atomic mass is 35.5. The highest BCUT2D eigenvalue weighted by Gasteiger charge is 2.49. The number of halogens is 1. The van der Waals surface area contributed by atoms with Crippen LogP contribution in [0.1, 0.15) is 31.4 Å². The molecule has 2 N–H and O–H groups in total. The summed E-state index contributed by atoms with van der Waals surface area (Å²) < 4.78 is 11.0. The molecule has 2 aromatic carbocycles. The largest absolute Gasteiger partial charge is 0.486 e. The van der Waals surface area contributed by atoms with Crippen molar-refractivity contribution in [2.75, 3.05) is 25.1 Å². The van der Waals surface area contributed by atoms with Gasteiger partial charge in [0.25, 0.3) is 5.91 Å². The van der Waals surface area contributed by atoms with Gasteiger partial charge in [0.2, 0.25) is 5.91 Å². The number of carbonyl (C=O) groups excluding carboxylic acids is 3. The van der Waals surface area contributed by atoms with E-state index in [-0.39, 0.29) is 5.02 Å². The van der Waals surface area contributed by atoms with Gasteiger partial charge in [0.15, 0.2) is 11.5 Å². The molecule has 168 valence electrons. The Morgan fingerprint density at radius 3 is 2.47 bits per heavy atom. The zero-order chi connectivity index (χ0) is 22.9. The van der Waals surface area contributed by atoms with E-state index in [9.17, 15) is 14.4 Å². The number of fused-ring (bicyclic) bond motifs is 1. The van der Waals surface area contributed by atoms with Crippen LogP contribution >= 0.6 is 11.6 Å². The molecule has 0 aliphatic carbocycles. The predicted octanol–water partition coefficient (Wildman–Crippen LogP) is 3.47. The molecule has 2 aromatic rings. The van der Waals surface area contributed by atoms with Gasteiger partial charge in [-0.05, 0) is 24.5 Å². The van der Waals surface area contributed by atoms with Crippen LogP contribution in [0.25, 0.3) is 0 Å². The van der Waals surface area contributed by atoms with E-state index in [1.807, 2.05) is 24.3 Å². The number of benzene rings is 2. The minimum Gasteiger partial charge on any atom is -0.486 e. The smallest absolute Gasteiger partial charge is 0.325 e. The van der Waals surface area contributed by atoms with Crippen LogP contribution in [0.2, 0.25) is 5.02 Å². The summed E-state index contributed by atoms with van der Waals surface area (Å²) in [6.07, 6.45) is 1.95. The molecule has 32 heavy (non-hydrogen) atoms. The van der Waals surface area contributed by atoms with E-state index >= 15 is 0 Å². The maximum atomic E-state index is 13.1. The first-order valence-electron chi connectivity index (χ1n) is 10.4. The van der Waals surface area contributed by atoms with Crippen molar-refractivity contribution < 1.29 is 23.9 Å². The van der Waals surface area contributed by atoms with Gasteiger partial charge in [0.05, 0.1) is 10.7 Å². The van der Waals surface area contributed by atoms with Gasteiger partial charge in [0, 0.05) is 12.1 Å². The molecule has 8 nitrogen and oxygen atoms in total. The van der Waals surface area contributed by atoms with Crippen molar-refractivity contribution in [2.45, 2.75) is 32.2 Å². The van der Waals surface area contributed by atoms with Crippen LogP contribution in [-0.2, 0) is 21.5 Å². The molecular formula is C23H24ClN3O5. The molecule has 0 saturated carbocycles. The van der Waals surface area contributed by atoms with Crippen LogP contribution in [0.3, 0.4) is 0 Å². The molecule has 0 spiro atoms. The van der Waals surface area contributed by atoms with Gasteiger partial charge in [-0.1, -0.05) is 49.2 Å². The number of carbonyl (C=O) groups is 3. The first-order chi connectivity index (χ1) is 15.3. The van der Waals surface area contributed by atoms with Gasteiger partial charge in [-0.2, -0.15) is 0 Å². The molecule has 4 amide bonds. The Morgan fingerprint density at radius 1 is 1.16 bits per heavy atom. The normalized spacial score (nSPS) is 19.7. The van der Waals surface area contributed by atoms with Crippen molar-refractivity contribution in [3.8, 4) is 11.5 Å². The highest BCUT2D eigenvalue weighted by molar-refractivity contribution is 6.34. The lowest BCUT2D eigenvalue weighted by atomic mass is 9.91. The Hall–Kier alpha value is -3.26. The molecule has 1 saturated heterocycles. The Morgan fingerprint density at radius 2 is 1.81 bits per heavy atom. The Bertz CT molecular complexity index is 1070. The van der Waals surface area contributed by atoms with Crippen LogP contribution < -0.4 is 20.1 Å². The fraction of sp³-hybridized carbons (Fsp3) is 0.348. The molecule has 2 heterocycles. The van der Waals surface area contributed by atoms with Gasteiger partial charge in [-0.25, -0.2) is 4.79 Å². The van der Waals surface area contributed by atoms with Crippen LogP contribution in [0.4, 0.5) is 10.5 Å². The van der Waals surface area contributed by atoms with E-state index in [2.05, 4.69) is 17.6 Å². The molecule has 1 fully saturated rings. The van der Waals surface area contributed by atoms with Crippen molar-refractivity contribution in [3.63, 3.8) is 0 Å². The average Bonchev–Trinajstić information content (AvgIpc) is 2.99. The molecular weight excluding hydrogens is 434 g/mol. The molecule has 0 aromatic heterocycles. The summed E-state index contributed by atoms with van der Waals surface area (Å²) >= 11 is 6.23. The van der Waals surface area contributed by atoms with Crippen molar-refractivity contribution in [1.82, 2.24) is 10.2 Å². The standard InChI is InChI=1S/C23H24ClN3O5/c1-3-4-14-5-7-15(8-6-14)23(2)21(29)27(22(30)26-23)13-20(28)25-17-12-19-18(11-16(17)24)31-9-10-32-19/h5-8,11-12H,3-4,9-10,13H2,1-2H3,(H,25,28)(H,26,30)/t23-/m1/s1. The summed E-state index contributed by atoms with van der Waals surface area (Å²) in [6.45, 7) is 4.09. The van der Waals surface area contributed by atoms with E-state index in [1.54, 1.807) is 19.1 Å². The zero-order valence-electron chi connectivity index (χ0n) is 17.9. The first kappa shape index (κ1) is 22.0. The SMILES string of the molecule is CCCc1ccc([C@@]2(C)NC(=O)N(CC(=O)Nc3cc4c(cc3Cl)OCCO4)C2=O)cc1. The van der Waals surface area contributed by atoms with Gasteiger partial charge in [0.1, 0.15) is 25.3 Å². The topological polar surface area (TPSA) is 97.0 Å². The predicted molar refractivity (Wildman–Crippen MR) is 119 cm³/mol. The minimum atomic E-state index is -1.24. The second-order valence-corrected chi connectivity index (χ2v) is 8.32. The molecule has 2 aliphatic rings. The lowest BCUT2D eigenvalue weighted by Gasteiger charge is -2.22. The number of amides is 4. The van der Waals surface area contributed by atoms with E-state index in [4.69, 9.17) is 21.1 Å². The van der Waals surface area contributed by atoms with Crippen LogP contribution in [0.15, 0.2) is 36.4 Å². The maximum absolute atomic E-state index is 13.1. The number of hydrogen-bond donors (Lipinski definition) is 2. The fourth-order valence-electron chi connectivity index (χ4n) is 3.82. The number of anilines is 1. The first-order valence-corrected chi connectivity index (χ1v) is 10.8. The Labute approximate surface area is 190 Å². The van der Waals surface area contributed by atoms with E-state index in [1.165, 1.54) is 0 Å². The van der Waals surface area contributed by atoms with Crippen LogP contribution in [0.5, 0.6) is 11.5 Å². The third-order valence-electron chi connectivity index (χ3n) is 5.55. The van der Waals surface area contributed by atoms with Crippen molar-refractivity contribution in [3.05, 3.63) is 52.5 Å². The number of rotatable bonds is 6. The minimum absolute atomic E-state index is 0.261. The van der Waals surface area contributed by atoms with Gasteiger partial charge in [-0.15, -0.1) is 0 Å². The van der Waals surface area contributed by atoms with Crippen molar-refractivity contribution >= 4 is 35.1 Å². The highest BCUT2D eigenvalue weighted by Crippen LogP contribution is 2.38. The molecule has 9 heteroatoms. The third-order valence-corrected chi connectivity index (χ3v) is 5.87. The number of imide groups is 1. The number of urea groups is 1. The molecule has 1 atom stereocenters. The Balaban J connectivity index is 1.47. The number of ether oxygens (including phenoxy) is 2. The summed E-state index contributed by atoms with van der Waals surface area (Å²) in [4.78, 5) is 39.2. The second-order valence-electron chi connectivity index (χ2n) is 7.92. The quantitative estimate of drug-likeness (QED) is 0.647. The van der Waals surface area contributed by atoms with Gasteiger partial charge in [-0.3, -0.25) is 14.5 Å². The molecule has 0 bridgehead atoms. The zero-order valence-corrected chi connectivity index (χ0v) is 18.6. The van der Waals surface area contributed by atoms with Crippen LogP contribution in [-0.4, -0.2) is 42.5 Å². The summed E-state index contributed by atoms with van der Waals surface area (Å²) in [5.74, 6) is -0.0945.